The minimum atomic E-state index is -1.26. The van der Waals surface area contributed by atoms with E-state index < -0.39 is 24.4 Å². The highest BCUT2D eigenvalue weighted by Gasteiger charge is 2.25. The van der Waals surface area contributed by atoms with E-state index in [1.807, 2.05) is 0 Å². The fourth-order valence-corrected chi connectivity index (χ4v) is 3.96. The molecule has 0 bridgehead atoms. The summed E-state index contributed by atoms with van der Waals surface area (Å²) < 4.78 is 26.1. The first-order valence-corrected chi connectivity index (χ1v) is 12.2. The van der Waals surface area contributed by atoms with Crippen LogP contribution in [0.4, 0.5) is 15.9 Å². The number of rotatable bonds is 8. The average molecular weight is 577 g/mol. The highest BCUT2D eigenvalue weighted by Crippen LogP contribution is 2.36. The van der Waals surface area contributed by atoms with Crippen LogP contribution in [0.15, 0.2) is 48.8 Å². The molecule has 0 unspecified atom stereocenters. The molecule has 212 valence electrons. The summed E-state index contributed by atoms with van der Waals surface area (Å²) in [4.78, 5) is 40.9. The Kier molecular flexibility index (Phi) is 10.6. The molecule has 3 aromatic rings. The zero-order chi connectivity index (χ0) is 29.2. The molecular formula is C26H26ClFN4O8. The van der Waals surface area contributed by atoms with Crippen LogP contribution >= 0.6 is 11.6 Å². The Morgan fingerprint density at radius 1 is 1.12 bits per heavy atom. The van der Waals surface area contributed by atoms with E-state index in [-0.39, 0.29) is 22.7 Å². The molecule has 1 aromatic heterocycles. The lowest BCUT2D eigenvalue weighted by Crippen LogP contribution is -2.42. The summed E-state index contributed by atoms with van der Waals surface area (Å²) in [5.41, 5.74) is 0.786. The molecule has 12 nitrogen and oxygen atoms in total. The Hall–Kier alpha value is -4.49. The van der Waals surface area contributed by atoms with E-state index in [1.54, 1.807) is 29.2 Å². The van der Waals surface area contributed by atoms with Crippen LogP contribution in [0.25, 0.3) is 10.9 Å². The van der Waals surface area contributed by atoms with Crippen molar-refractivity contribution in [1.82, 2.24) is 14.9 Å². The first-order valence-electron chi connectivity index (χ1n) is 11.9. The average Bonchev–Trinajstić information content (AvgIpc) is 2.94. The maximum atomic E-state index is 14.4. The van der Waals surface area contributed by atoms with Gasteiger partial charge >= 0.3 is 11.9 Å². The van der Waals surface area contributed by atoms with E-state index in [1.165, 1.54) is 19.5 Å². The molecule has 0 radical (unpaired) electrons. The van der Waals surface area contributed by atoms with Gasteiger partial charge in [0.2, 0.25) is 5.91 Å². The number of carboxylic acid groups (broad SMARTS) is 2. The molecule has 1 saturated heterocycles. The van der Waals surface area contributed by atoms with Crippen LogP contribution < -0.4 is 14.8 Å². The van der Waals surface area contributed by atoms with E-state index >= 15 is 0 Å². The number of amides is 1. The molecule has 0 aliphatic carbocycles. The van der Waals surface area contributed by atoms with Crippen molar-refractivity contribution in [3.8, 4) is 11.5 Å². The molecule has 1 aliphatic heterocycles. The number of halogens is 2. The number of carboxylic acids is 2. The van der Waals surface area contributed by atoms with Gasteiger partial charge in [-0.1, -0.05) is 17.7 Å². The van der Waals surface area contributed by atoms with Crippen LogP contribution in [0, 0.1) is 5.82 Å². The molecular weight excluding hydrogens is 551 g/mol. The van der Waals surface area contributed by atoms with Gasteiger partial charge in [-0.15, -0.1) is 0 Å². The third-order valence-corrected chi connectivity index (χ3v) is 6.01. The minimum absolute atomic E-state index is 0.00470. The maximum absolute atomic E-state index is 14.4. The van der Waals surface area contributed by atoms with Gasteiger partial charge in [-0.3, -0.25) is 4.79 Å². The number of aromatic nitrogens is 2. The van der Waals surface area contributed by atoms with E-state index in [9.17, 15) is 18.8 Å². The minimum Gasteiger partial charge on any atom is -0.493 e. The summed E-state index contributed by atoms with van der Waals surface area (Å²) in [7, 11) is 1.54. The van der Waals surface area contributed by atoms with Crippen LogP contribution in [0.5, 0.6) is 11.5 Å². The number of hydrogen-bond acceptors (Lipinski definition) is 9. The second kappa shape index (κ2) is 14.1. The number of fused-ring (bicyclic) bond motifs is 1. The van der Waals surface area contributed by atoms with Crippen molar-refractivity contribution < 1.29 is 43.6 Å². The Bertz CT molecular complexity index is 1400. The van der Waals surface area contributed by atoms with Crippen molar-refractivity contribution in [2.24, 2.45) is 0 Å². The fourth-order valence-electron chi connectivity index (χ4n) is 3.79. The number of methoxy groups -OCH3 is 1. The molecule has 4 rings (SSSR count). The molecule has 4 N–H and O–H groups in total. The summed E-state index contributed by atoms with van der Waals surface area (Å²) in [6, 6.07) is 8.16. The lowest BCUT2D eigenvalue weighted by Gasteiger charge is -2.32. The van der Waals surface area contributed by atoms with Gasteiger partial charge in [0.15, 0.2) is 17.3 Å². The van der Waals surface area contributed by atoms with E-state index in [0.717, 1.165) is 0 Å². The standard InChI is InChI=1S/C22H22ClFN4O4.C4H4O4/c1-31-18-10-17-14(9-19(18)32-13-5-7-28(8-6-13)20(30)11-29)22(26-12-25-17)27-16-4-2-3-15(23)21(16)24;5-3(6)1-2-4(7)8/h2-4,9-10,12-13,29H,5-8,11H2,1H3,(H,25,26,27);1-2H,(H,5,6)(H,7,8). The molecule has 40 heavy (non-hydrogen) atoms. The summed E-state index contributed by atoms with van der Waals surface area (Å²) in [6.45, 7) is 0.515. The van der Waals surface area contributed by atoms with Crippen LogP contribution in [-0.4, -0.2) is 80.9 Å². The predicted molar refractivity (Wildman–Crippen MR) is 143 cm³/mol. The summed E-state index contributed by atoms with van der Waals surface area (Å²) in [6.07, 6.45) is 3.61. The number of likely N-dealkylation sites (tertiary alicyclic amines) is 1. The number of nitrogens with zero attached hydrogens (tertiary/aromatic N) is 3. The van der Waals surface area contributed by atoms with Crippen molar-refractivity contribution in [3.63, 3.8) is 0 Å². The molecule has 2 heterocycles. The lowest BCUT2D eigenvalue weighted by atomic mass is 10.1. The number of carbonyl (C=O) groups excluding carboxylic acids is 1. The number of anilines is 2. The third-order valence-electron chi connectivity index (χ3n) is 5.72. The fraction of sp³-hybridized carbons (Fsp3) is 0.269. The number of ether oxygens (including phenoxy) is 2. The molecule has 1 amide bonds. The Morgan fingerprint density at radius 3 is 2.40 bits per heavy atom. The normalized spacial score (nSPS) is 13.4. The van der Waals surface area contributed by atoms with Crippen molar-refractivity contribution >= 4 is 51.9 Å². The number of nitrogens with one attached hydrogen (secondary N) is 1. The SMILES string of the molecule is COc1cc2ncnc(Nc3cccc(Cl)c3F)c2cc1OC1CCN(C(=O)CO)CC1.O=C(O)C=CC(=O)O. The van der Waals surface area contributed by atoms with Gasteiger partial charge in [0.1, 0.15) is 24.9 Å². The highest BCUT2D eigenvalue weighted by atomic mass is 35.5. The van der Waals surface area contributed by atoms with Gasteiger partial charge in [0.05, 0.1) is 23.3 Å². The lowest BCUT2D eigenvalue weighted by molar-refractivity contribution is -0.136. The number of aliphatic carboxylic acids is 2. The zero-order valence-electron chi connectivity index (χ0n) is 21.2. The van der Waals surface area contributed by atoms with Gasteiger partial charge in [0, 0.05) is 49.5 Å². The van der Waals surface area contributed by atoms with Gasteiger partial charge in [-0.25, -0.2) is 23.9 Å². The molecule has 1 fully saturated rings. The second-order valence-corrected chi connectivity index (χ2v) is 8.74. The number of benzene rings is 2. The highest BCUT2D eigenvalue weighted by molar-refractivity contribution is 6.31. The molecule has 1 aliphatic rings. The van der Waals surface area contributed by atoms with E-state index in [2.05, 4.69) is 15.3 Å². The van der Waals surface area contributed by atoms with Crippen molar-refractivity contribution in [2.75, 3.05) is 32.1 Å². The number of carbonyl (C=O) groups is 3. The van der Waals surface area contributed by atoms with Crippen LogP contribution in [0.1, 0.15) is 12.8 Å². The van der Waals surface area contributed by atoms with Gasteiger partial charge in [-0.2, -0.15) is 0 Å². The molecule has 14 heteroatoms. The number of hydrogen-bond donors (Lipinski definition) is 4. The Balaban J connectivity index is 0.000000482. The Morgan fingerprint density at radius 2 is 1.80 bits per heavy atom. The maximum Gasteiger partial charge on any atom is 0.328 e. The van der Waals surface area contributed by atoms with E-state index in [0.29, 0.717) is 66.3 Å². The third kappa shape index (κ3) is 8.01. The number of aliphatic hydroxyl groups excluding tert-OH is 1. The topological polar surface area (TPSA) is 171 Å². The van der Waals surface area contributed by atoms with Gasteiger partial charge < -0.3 is 35.0 Å². The predicted octanol–water partition coefficient (Wildman–Crippen LogP) is 3.25. The monoisotopic (exact) mass is 576 g/mol. The number of aliphatic hydroxyl groups is 1. The van der Waals surface area contributed by atoms with Crippen molar-refractivity contribution in [1.29, 1.82) is 0 Å². The molecule has 0 saturated carbocycles. The van der Waals surface area contributed by atoms with Crippen LogP contribution in [-0.2, 0) is 14.4 Å². The quantitative estimate of drug-likeness (QED) is 0.290. The molecule has 0 atom stereocenters. The molecule has 0 spiro atoms. The van der Waals surface area contributed by atoms with Crippen LogP contribution in [0.3, 0.4) is 0 Å². The van der Waals surface area contributed by atoms with Crippen molar-refractivity contribution in [2.45, 2.75) is 18.9 Å². The smallest absolute Gasteiger partial charge is 0.328 e. The van der Waals surface area contributed by atoms with Crippen LogP contribution in [0.2, 0.25) is 5.02 Å². The summed E-state index contributed by atoms with van der Waals surface area (Å²) >= 11 is 5.89. The largest absolute Gasteiger partial charge is 0.493 e. The first-order chi connectivity index (χ1) is 19.1. The number of piperidine rings is 1. The zero-order valence-corrected chi connectivity index (χ0v) is 22.0. The first kappa shape index (κ1) is 30.1. The summed E-state index contributed by atoms with van der Waals surface area (Å²) in [5.74, 6) is -1.98. The van der Waals surface area contributed by atoms with E-state index in [4.69, 9.17) is 36.4 Å². The second-order valence-electron chi connectivity index (χ2n) is 8.33. The Labute approximate surface area is 232 Å². The van der Waals surface area contributed by atoms with Gasteiger partial charge in [0.25, 0.3) is 0 Å². The van der Waals surface area contributed by atoms with Crippen molar-refractivity contribution in [3.05, 3.63) is 59.7 Å². The molecule has 2 aromatic carbocycles. The van der Waals surface area contributed by atoms with Gasteiger partial charge in [-0.05, 0) is 18.2 Å². The summed E-state index contributed by atoms with van der Waals surface area (Å²) in [5, 5.41) is 28.3.